The minimum Gasteiger partial charge on any atom is -0.381 e. The van der Waals surface area contributed by atoms with E-state index in [4.69, 9.17) is 5.26 Å². The average molecular weight is 242 g/mol. The largest absolute Gasteiger partial charge is 0.381 e. The van der Waals surface area contributed by atoms with E-state index in [0.717, 1.165) is 11.3 Å². The molecule has 2 rings (SSSR count). The molecule has 2 heteroatoms. The van der Waals surface area contributed by atoms with Crippen LogP contribution in [0.4, 0.5) is 5.69 Å². The molecule has 0 aromatic heterocycles. The zero-order valence-corrected chi connectivity index (χ0v) is 11.5. The van der Waals surface area contributed by atoms with Crippen LogP contribution < -0.4 is 5.32 Å². The fraction of sp³-hybridized carbons (Fsp3) is 0.562. The molecule has 1 saturated carbocycles. The number of rotatable bonds is 2. The third kappa shape index (κ3) is 2.85. The smallest absolute Gasteiger partial charge is 0.101 e. The Hall–Kier alpha value is -1.49. The van der Waals surface area contributed by atoms with Gasteiger partial charge in [0, 0.05) is 6.04 Å². The van der Waals surface area contributed by atoms with Gasteiger partial charge in [0.05, 0.1) is 11.3 Å². The summed E-state index contributed by atoms with van der Waals surface area (Å²) in [7, 11) is 0. The maximum absolute atomic E-state index is 9.11. The van der Waals surface area contributed by atoms with E-state index >= 15 is 0 Å². The molecule has 1 aromatic rings. The second kappa shape index (κ2) is 5.02. The SMILES string of the molecule is CC1CC(C)(C)CCC1Nc1ccccc1C#N. The minimum atomic E-state index is 0.465. The quantitative estimate of drug-likeness (QED) is 0.844. The average Bonchev–Trinajstić information content (AvgIpc) is 2.33. The number of benzene rings is 1. The molecule has 96 valence electrons. The molecule has 1 aliphatic rings. The number of nitrogens with one attached hydrogen (secondary N) is 1. The topological polar surface area (TPSA) is 35.8 Å². The number of para-hydroxylation sites is 1. The molecule has 0 bridgehead atoms. The maximum Gasteiger partial charge on any atom is 0.101 e. The van der Waals surface area contributed by atoms with Crippen molar-refractivity contribution in [3.05, 3.63) is 29.8 Å². The Bertz CT molecular complexity index is 456. The first kappa shape index (κ1) is 13.0. The van der Waals surface area contributed by atoms with Crippen molar-refractivity contribution in [3.63, 3.8) is 0 Å². The first-order chi connectivity index (χ1) is 8.52. The van der Waals surface area contributed by atoms with Crippen molar-refractivity contribution in [2.75, 3.05) is 5.32 Å². The zero-order chi connectivity index (χ0) is 13.2. The summed E-state index contributed by atoms with van der Waals surface area (Å²) >= 11 is 0. The lowest BCUT2D eigenvalue weighted by Crippen LogP contribution is -2.37. The molecule has 2 unspecified atom stereocenters. The highest BCUT2D eigenvalue weighted by Crippen LogP contribution is 2.39. The van der Waals surface area contributed by atoms with E-state index in [-0.39, 0.29) is 0 Å². The summed E-state index contributed by atoms with van der Waals surface area (Å²) in [6, 6.07) is 10.5. The molecule has 18 heavy (non-hydrogen) atoms. The van der Waals surface area contributed by atoms with E-state index < -0.39 is 0 Å². The molecular formula is C16H22N2. The second-order valence-corrected chi connectivity index (χ2v) is 6.29. The van der Waals surface area contributed by atoms with Gasteiger partial charge in [0.1, 0.15) is 6.07 Å². The normalized spacial score (nSPS) is 26.3. The summed E-state index contributed by atoms with van der Waals surface area (Å²) in [4.78, 5) is 0. The molecule has 0 radical (unpaired) electrons. The lowest BCUT2D eigenvalue weighted by molar-refractivity contribution is 0.177. The fourth-order valence-electron chi connectivity index (χ4n) is 3.07. The van der Waals surface area contributed by atoms with Gasteiger partial charge in [0.2, 0.25) is 0 Å². The highest BCUT2D eigenvalue weighted by atomic mass is 14.9. The van der Waals surface area contributed by atoms with Crippen LogP contribution in [0.3, 0.4) is 0 Å². The lowest BCUT2D eigenvalue weighted by atomic mass is 9.70. The Kier molecular flexibility index (Phi) is 3.61. The Morgan fingerprint density at radius 1 is 1.33 bits per heavy atom. The van der Waals surface area contributed by atoms with Gasteiger partial charge >= 0.3 is 0 Å². The van der Waals surface area contributed by atoms with E-state index in [0.29, 0.717) is 17.4 Å². The van der Waals surface area contributed by atoms with Crippen molar-refractivity contribution in [1.82, 2.24) is 0 Å². The molecule has 1 aliphatic carbocycles. The van der Waals surface area contributed by atoms with E-state index in [2.05, 4.69) is 32.2 Å². The molecule has 0 heterocycles. The highest BCUT2D eigenvalue weighted by Gasteiger charge is 2.32. The van der Waals surface area contributed by atoms with Crippen LogP contribution in [-0.4, -0.2) is 6.04 Å². The third-order valence-corrected chi connectivity index (χ3v) is 4.08. The summed E-state index contributed by atoms with van der Waals surface area (Å²) in [5.74, 6) is 0.653. The number of nitrogens with zero attached hydrogens (tertiary/aromatic N) is 1. The summed E-state index contributed by atoms with van der Waals surface area (Å²) < 4.78 is 0. The van der Waals surface area contributed by atoms with Gasteiger partial charge in [0.25, 0.3) is 0 Å². The van der Waals surface area contributed by atoms with Crippen molar-refractivity contribution >= 4 is 5.69 Å². The van der Waals surface area contributed by atoms with Crippen LogP contribution in [0, 0.1) is 22.7 Å². The number of hydrogen-bond acceptors (Lipinski definition) is 2. The summed E-state index contributed by atoms with van der Waals surface area (Å²) in [5, 5.41) is 12.7. The highest BCUT2D eigenvalue weighted by molar-refractivity contribution is 5.57. The number of nitriles is 1. The minimum absolute atomic E-state index is 0.465. The molecule has 1 fully saturated rings. The second-order valence-electron chi connectivity index (χ2n) is 6.29. The number of anilines is 1. The number of hydrogen-bond donors (Lipinski definition) is 1. The standard InChI is InChI=1S/C16H22N2/c1-12-10-16(2,3)9-8-14(12)18-15-7-5-4-6-13(15)11-17/h4-7,12,14,18H,8-10H2,1-3H3. The molecule has 0 saturated heterocycles. The summed E-state index contributed by atoms with van der Waals surface area (Å²) in [6.07, 6.45) is 3.69. The Morgan fingerprint density at radius 3 is 2.72 bits per heavy atom. The molecule has 0 aliphatic heterocycles. The molecule has 1 aromatic carbocycles. The van der Waals surface area contributed by atoms with Crippen molar-refractivity contribution in [3.8, 4) is 6.07 Å². The van der Waals surface area contributed by atoms with Gasteiger partial charge in [0.15, 0.2) is 0 Å². The fourth-order valence-corrected chi connectivity index (χ4v) is 3.07. The van der Waals surface area contributed by atoms with Gasteiger partial charge in [-0.2, -0.15) is 5.26 Å². The van der Waals surface area contributed by atoms with E-state index in [1.807, 2.05) is 24.3 Å². The predicted octanol–water partition coefficient (Wildman–Crippen LogP) is 4.18. The molecule has 0 amide bonds. The van der Waals surface area contributed by atoms with E-state index in [9.17, 15) is 0 Å². The van der Waals surface area contributed by atoms with E-state index in [1.54, 1.807) is 0 Å². The summed E-state index contributed by atoms with van der Waals surface area (Å²) in [5.41, 5.74) is 2.19. The molecule has 0 spiro atoms. The van der Waals surface area contributed by atoms with Gasteiger partial charge < -0.3 is 5.32 Å². The zero-order valence-electron chi connectivity index (χ0n) is 11.5. The van der Waals surface area contributed by atoms with Gasteiger partial charge in [-0.05, 0) is 42.7 Å². The Morgan fingerprint density at radius 2 is 2.06 bits per heavy atom. The van der Waals surface area contributed by atoms with Crippen LogP contribution in [-0.2, 0) is 0 Å². The van der Waals surface area contributed by atoms with E-state index in [1.165, 1.54) is 19.3 Å². The van der Waals surface area contributed by atoms with Crippen LogP contribution in [0.25, 0.3) is 0 Å². The van der Waals surface area contributed by atoms with Crippen LogP contribution in [0.2, 0.25) is 0 Å². The first-order valence-electron chi connectivity index (χ1n) is 6.77. The van der Waals surface area contributed by atoms with Crippen molar-refractivity contribution in [1.29, 1.82) is 5.26 Å². The van der Waals surface area contributed by atoms with Crippen LogP contribution in [0.15, 0.2) is 24.3 Å². The molecule has 2 nitrogen and oxygen atoms in total. The lowest BCUT2D eigenvalue weighted by Gasteiger charge is -2.40. The third-order valence-electron chi connectivity index (χ3n) is 4.08. The van der Waals surface area contributed by atoms with Gasteiger partial charge in [-0.1, -0.05) is 32.9 Å². The first-order valence-corrected chi connectivity index (χ1v) is 6.77. The van der Waals surface area contributed by atoms with Crippen LogP contribution in [0.5, 0.6) is 0 Å². The van der Waals surface area contributed by atoms with Crippen molar-refractivity contribution in [2.24, 2.45) is 11.3 Å². The van der Waals surface area contributed by atoms with Gasteiger partial charge in [-0.15, -0.1) is 0 Å². The molecule has 2 atom stereocenters. The van der Waals surface area contributed by atoms with Gasteiger partial charge in [-0.3, -0.25) is 0 Å². The summed E-state index contributed by atoms with van der Waals surface area (Å²) in [6.45, 7) is 7.01. The molecular weight excluding hydrogens is 220 g/mol. The van der Waals surface area contributed by atoms with Crippen LogP contribution in [0.1, 0.15) is 45.6 Å². The van der Waals surface area contributed by atoms with Crippen molar-refractivity contribution < 1.29 is 0 Å². The van der Waals surface area contributed by atoms with Crippen LogP contribution >= 0.6 is 0 Å². The Balaban J connectivity index is 2.09. The Labute approximate surface area is 110 Å². The monoisotopic (exact) mass is 242 g/mol. The molecule has 1 N–H and O–H groups in total. The van der Waals surface area contributed by atoms with Crippen molar-refractivity contribution in [2.45, 2.75) is 46.1 Å². The predicted molar refractivity (Wildman–Crippen MR) is 75.4 cm³/mol. The van der Waals surface area contributed by atoms with Gasteiger partial charge in [-0.25, -0.2) is 0 Å². The maximum atomic E-state index is 9.11.